The van der Waals surface area contributed by atoms with Crippen molar-refractivity contribution in [3.8, 4) is 0 Å². The second-order valence-corrected chi connectivity index (χ2v) is 3.23. The molecular formula is C10H19NO2. The number of nitrogens with one attached hydrogen (secondary N) is 1. The second-order valence-electron chi connectivity index (χ2n) is 3.23. The Morgan fingerprint density at radius 2 is 1.92 bits per heavy atom. The van der Waals surface area contributed by atoms with Crippen molar-refractivity contribution in [3.63, 3.8) is 0 Å². The second kappa shape index (κ2) is 5.75. The summed E-state index contributed by atoms with van der Waals surface area (Å²) in [5.74, 6) is -0.242. The van der Waals surface area contributed by atoms with Crippen LogP contribution in [0.1, 0.15) is 34.6 Å². The fourth-order valence-corrected chi connectivity index (χ4v) is 0.782. The van der Waals surface area contributed by atoms with Gasteiger partial charge in [-0.2, -0.15) is 0 Å². The van der Waals surface area contributed by atoms with Crippen molar-refractivity contribution in [3.05, 3.63) is 11.1 Å². The number of carbonyl (C=O) groups is 1. The molecular weight excluding hydrogens is 166 g/mol. The summed E-state index contributed by atoms with van der Waals surface area (Å²) in [6, 6.07) is 0. The van der Waals surface area contributed by atoms with E-state index >= 15 is 0 Å². The molecule has 0 fully saturated rings. The molecule has 0 rings (SSSR count). The molecule has 3 heteroatoms. The normalized spacial score (nSPS) is 12.1. The number of hydrogen-bond donors (Lipinski definition) is 1. The lowest BCUT2D eigenvalue weighted by atomic mass is 10.2. The first-order valence-electron chi connectivity index (χ1n) is 4.57. The Labute approximate surface area is 80.2 Å². The standard InChI is InChI=1S/C10H19NO2/c1-6-11-9(5)13-10(12)8(4)7(2)3/h9,11H,6H2,1-5H3. The molecule has 0 spiro atoms. The van der Waals surface area contributed by atoms with Gasteiger partial charge in [0, 0.05) is 5.57 Å². The molecule has 0 aliphatic rings. The molecule has 0 heterocycles. The Morgan fingerprint density at radius 3 is 2.31 bits per heavy atom. The van der Waals surface area contributed by atoms with E-state index in [1.807, 2.05) is 27.7 Å². The number of ether oxygens (including phenoxy) is 1. The summed E-state index contributed by atoms with van der Waals surface area (Å²) in [4.78, 5) is 11.3. The number of carbonyl (C=O) groups excluding carboxylic acids is 1. The summed E-state index contributed by atoms with van der Waals surface area (Å²) in [6.45, 7) is 10.2. The van der Waals surface area contributed by atoms with E-state index in [9.17, 15) is 4.79 Å². The van der Waals surface area contributed by atoms with Crippen LogP contribution in [-0.2, 0) is 9.53 Å². The predicted octanol–water partition coefficient (Wildman–Crippen LogP) is 1.84. The molecule has 1 atom stereocenters. The topological polar surface area (TPSA) is 38.3 Å². The average Bonchev–Trinajstić information content (AvgIpc) is 2.03. The Balaban J connectivity index is 4.09. The molecule has 1 N–H and O–H groups in total. The number of rotatable bonds is 4. The summed E-state index contributed by atoms with van der Waals surface area (Å²) in [5.41, 5.74) is 1.68. The average molecular weight is 185 g/mol. The van der Waals surface area contributed by atoms with Crippen LogP contribution >= 0.6 is 0 Å². The van der Waals surface area contributed by atoms with Gasteiger partial charge in [-0.25, -0.2) is 4.79 Å². The lowest BCUT2D eigenvalue weighted by Gasteiger charge is -2.14. The highest BCUT2D eigenvalue weighted by atomic mass is 16.6. The lowest BCUT2D eigenvalue weighted by Crippen LogP contribution is -2.31. The quantitative estimate of drug-likeness (QED) is 0.412. The predicted molar refractivity (Wildman–Crippen MR) is 53.3 cm³/mol. The zero-order chi connectivity index (χ0) is 10.4. The van der Waals surface area contributed by atoms with Gasteiger partial charge in [-0.05, 0) is 34.2 Å². The molecule has 0 aliphatic heterocycles. The van der Waals surface area contributed by atoms with Gasteiger partial charge >= 0.3 is 5.97 Å². The molecule has 13 heavy (non-hydrogen) atoms. The first kappa shape index (κ1) is 12.2. The Hall–Kier alpha value is -0.830. The van der Waals surface area contributed by atoms with Crippen LogP contribution in [-0.4, -0.2) is 18.7 Å². The molecule has 0 aromatic carbocycles. The molecule has 0 amide bonds. The van der Waals surface area contributed by atoms with Gasteiger partial charge in [0.15, 0.2) is 6.23 Å². The van der Waals surface area contributed by atoms with Crippen LogP contribution in [0.3, 0.4) is 0 Å². The molecule has 0 radical (unpaired) electrons. The van der Waals surface area contributed by atoms with Crippen molar-refractivity contribution in [2.45, 2.75) is 40.8 Å². The summed E-state index contributed by atoms with van der Waals surface area (Å²) in [6.07, 6.45) is -0.216. The number of hydrogen-bond acceptors (Lipinski definition) is 3. The van der Waals surface area contributed by atoms with E-state index in [1.54, 1.807) is 6.92 Å². The lowest BCUT2D eigenvalue weighted by molar-refractivity contribution is -0.144. The van der Waals surface area contributed by atoms with E-state index in [-0.39, 0.29) is 12.2 Å². The Kier molecular flexibility index (Phi) is 5.39. The summed E-state index contributed by atoms with van der Waals surface area (Å²) in [5, 5.41) is 3.00. The van der Waals surface area contributed by atoms with Gasteiger partial charge in [0.05, 0.1) is 0 Å². The highest BCUT2D eigenvalue weighted by molar-refractivity contribution is 5.88. The Bertz CT molecular complexity index is 205. The molecule has 0 aromatic heterocycles. The first-order chi connectivity index (χ1) is 5.99. The molecule has 76 valence electrons. The van der Waals surface area contributed by atoms with E-state index in [0.29, 0.717) is 5.57 Å². The van der Waals surface area contributed by atoms with Crippen molar-refractivity contribution in [2.24, 2.45) is 0 Å². The largest absolute Gasteiger partial charge is 0.444 e. The van der Waals surface area contributed by atoms with Crippen LogP contribution in [0.2, 0.25) is 0 Å². The zero-order valence-corrected chi connectivity index (χ0v) is 9.10. The summed E-state index contributed by atoms with van der Waals surface area (Å²) >= 11 is 0. The highest BCUT2D eigenvalue weighted by Crippen LogP contribution is 2.05. The van der Waals surface area contributed by atoms with Crippen LogP contribution in [0.15, 0.2) is 11.1 Å². The van der Waals surface area contributed by atoms with Gasteiger partial charge in [-0.3, -0.25) is 5.32 Å². The summed E-state index contributed by atoms with van der Waals surface area (Å²) in [7, 11) is 0. The maximum absolute atomic E-state index is 11.3. The van der Waals surface area contributed by atoms with Crippen molar-refractivity contribution in [1.29, 1.82) is 0 Å². The van der Waals surface area contributed by atoms with Crippen LogP contribution in [0.25, 0.3) is 0 Å². The van der Waals surface area contributed by atoms with Gasteiger partial charge in [-0.1, -0.05) is 12.5 Å². The van der Waals surface area contributed by atoms with Crippen LogP contribution < -0.4 is 5.32 Å². The minimum absolute atomic E-state index is 0.216. The van der Waals surface area contributed by atoms with Crippen LogP contribution in [0.5, 0.6) is 0 Å². The molecule has 0 saturated heterocycles. The van der Waals surface area contributed by atoms with Gasteiger partial charge in [0.1, 0.15) is 0 Å². The fraction of sp³-hybridized carbons (Fsp3) is 0.700. The van der Waals surface area contributed by atoms with E-state index in [1.165, 1.54) is 0 Å². The van der Waals surface area contributed by atoms with E-state index in [2.05, 4.69) is 5.32 Å². The minimum atomic E-state index is -0.242. The SMILES string of the molecule is CCNC(C)OC(=O)C(C)=C(C)C. The minimum Gasteiger partial charge on any atom is -0.444 e. The van der Waals surface area contributed by atoms with Gasteiger partial charge < -0.3 is 4.74 Å². The van der Waals surface area contributed by atoms with Crippen molar-refractivity contribution in [1.82, 2.24) is 5.32 Å². The molecule has 0 saturated carbocycles. The number of allylic oxidation sites excluding steroid dienone is 1. The molecule has 3 nitrogen and oxygen atoms in total. The third-order valence-corrected chi connectivity index (χ3v) is 1.83. The zero-order valence-electron chi connectivity index (χ0n) is 9.10. The van der Waals surface area contributed by atoms with Crippen LogP contribution in [0.4, 0.5) is 0 Å². The van der Waals surface area contributed by atoms with Gasteiger partial charge in [-0.15, -0.1) is 0 Å². The monoisotopic (exact) mass is 185 g/mol. The highest BCUT2D eigenvalue weighted by Gasteiger charge is 2.10. The maximum Gasteiger partial charge on any atom is 0.335 e. The number of esters is 1. The van der Waals surface area contributed by atoms with E-state index in [0.717, 1.165) is 12.1 Å². The molecule has 0 aromatic rings. The van der Waals surface area contributed by atoms with Crippen molar-refractivity contribution < 1.29 is 9.53 Å². The first-order valence-corrected chi connectivity index (χ1v) is 4.57. The molecule has 1 unspecified atom stereocenters. The smallest absolute Gasteiger partial charge is 0.335 e. The summed E-state index contributed by atoms with van der Waals surface area (Å²) < 4.78 is 5.11. The van der Waals surface area contributed by atoms with E-state index in [4.69, 9.17) is 4.74 Å². The third-order valence-electron chi connectivity index (χ3n) is 1.83. The maximum atomic E-state index is 11.3. The van der Waals surface area contributed by atoms with Crippen molar-refractivity contribution in [2.75, 3.05) is 6.54 Å². The van der Waals surface area contributed by atoms with Crippen molar-refractivity contribution >= 4 is 5.97 Å². The van der Waals surface area contributed by atoms with Gasteiger partial charge in [0.25, 0.3) is 0 Å². The third kappa shape index (κ3) is 4.68. The Morgan fingerprint density at radius 1 is 1.38 bits per heavy atom. The molecule has 0 bridgehead atoms. The fourth-order valence-electron chi connectivity index (χ4n) is 0.782. The van der Waals surface area contributed by atoms with E-state index < -0.39 is 0 Å². The van der Waals surface area contributed by atoms with Gasteiger partial charge in [0.2, 0.25) is 0 Å². The van der Waals surface area contributed by atoms with Crippen LogP contribution in [0, 0.1) is 0 Å². The molecule has 0 aliphatic carbocycles.